The molecular weight excluding hydrogens is 250 g/mol. The number of nitrogen functional groups attached to an aromatic ring is 1. The summed E-state index contributed by atoms with van der Waals surface area (Å²) in [6, 6.07) is 6.33. The lowest BCUT2D eigenvalue weighted by Crippen LogP contribution is -2.08. The van der Waals surface area contributed by atoms with Crippen molar-refractivity contribution in [3.63, 3.8) is 0 Å². The average Bonchev–Trinajstić information content (AvgIpc) is 2.29. The molecule has 0 amide bonds. The highest BCUT2D eigenvalue weighted by molar-refractivity contribution is 7.98. The quantitative estimate of drug-likeness (QED) is 0.339. The summed E-state index contributed by atoms with van der Waals surface area (Å²) in [6.45, 7) is 1.76. The van der Waals surface area contributed by atoms with Crippen molar-refractivity contribution < 1.29 is 5.11 Å². The van der Waals surface area contributed by atoms with Crippen LogP contribution in [0.25, 0.3) is 0 Å². The van der Waals surface area contributed by atoms with Gasteiger partial charge < -0.3 is 15.8 Å². The van der Waals surface area contributed by atoms with Gasteiger partial charge in [0.1, 0.15) is 5.75 Å². The minimum atomic E-state index is -0.179. The normalized spacial score (nSPS) is 10.5. The lowest BCUT2D eigenvalue weighted by Gasteiger charge is -2.05. The number of benzene rings is 1. The van der Waals surface area contributed by atoms with Crippen LogP contribution >= 0.6 is 11.8 Å². The largest absolute Gasteiger partial charge is 0.508 e. The van der Waals surface area contributed by atoms with Gasteiger partial charge in [-0.05, 0) is 25.1 Å². The highest BCUT2D eigenvalue weighted by Crippen LogP contribution is 2.26. The van der Waals surface area contributed by atoms with Crippen molar-refractivity contribution in [3.8, 4) is 5.75 Å². The number of anilines is 1. The fourth-order valence-corrected chi connectivity index (χ4v) is 2.39. The maximum absolute atomic E-state index is 11.3. The van der Waals surface area contributed by atoms with Gasteiger partial charge in [-0.1, -0.05) is 11.8 Å². The van der Waals surface area contributed by atoms with Gasteiger partial charge in [0.05, 0.1) is 0 Å². The number of thioether (sulfide) groups is 1. The first kappa shape index (κ1) is 12.5. The zero-order valence-electron chi connectivity index (χ0n) is 9.80. The van der Waals surface area contributed by atoms with Gasteiger partial charge in [0.2, 0.25) is 0 Å². The van der Waals surface area contributed by atoms with Crippen LogP contribution in [0.1, 0.15) is 11.3 Å². The number of nitrogens with one attached hydrogen (secondary N) is 1. The van der Waals surface area contributed by atoms with Gasteiger partial charge in [-0.2, -0.15) is 0 Å². The van der Waals surface area contributed by atoms with Crippen molar-refractivity contribution in [1.29, 1.82) is 0 Å². The molecule has 0 aliphatic heterocycles. The molecule has 0 radical (unpaired) electrons. The van der Waals surface area contributed by atoms with E-state index in [4.69, 9.17) is 5.73 Å². The van der Waals surface area contributed by atoms with Crippen molar-refractivity contribution in [2.75, 3.05) is 5.73 Å². The molecule has 94 valence electrons. The third kappa shape index (κ3) is 3.04. The topological polar surface area (TPSA) is 92.0 Å². The van der Waals surface area contributed by atoms with Crippen molar-refractivity contribution in [2.45, 2.75) is 17.8 Å². The Balaban J connectivity index is 2.16. The van der Waals surface area contributed by atoms with E-state index < -0.39 is 0 Å². The van der Waals surface area contributed by atoms with E-state index in [1.807, 2.05) is 0 Å². The molecule has 0 aliphatic carbocycles. The Labute approximate surface area is 108 Å². The molecule has 0 aliphatic rings. The highest BCUT2D eigenvalue weighted by atomic mass is 32.2. The molecule has 5 nitrogen and oxygen atoms in total. The maximum atomic E-state index is 11.3. The van der Waals surface area contributed by atoms with Gasteiger partial charge >= 0.3 is 0 Å². The van der Waals surface area contributed by atoms with E-state index in [-0.39, 0.29) is 11.3 Å². The Morgan fingerprint density at radius 1 is 1.44 bits per heavy atom. The molecule has 0 spiro atoms. The first-order valence-corrected chi connectivity index (χ1v) is 6.31. The molecule has 1 aromatic heterocycles. The molecule has 1 heterocycles. The van der Waals surface area contributed by atoms with Gasteiger partial charge in [0.15, 0.2) is 5.16 Å². The number of aryl methyl sites for hydroxylation is 1. The summed E-state index contributed by atoms with van der Waals surface area (Å²) in [7, 11) is 0. The summed E-state index contributed by atoms with van der Waals surface area (Å²) in [5, 5.41) is 10.2. The van der Waals surface area contributed by atoms with Crippen LogP contribution < -0.4 is 11.3 Å². The summed E-state index contributed by atoms with van der Waals surface area (Å²) < 4.78 is 0. The minimum absolute atomic E-state index is 0.179. The van der Waals surface area contributed by atoms with Crippen LogP contribution in [0.2, 0.25) is 0 Å². The van der Waals surface area contributed by atoms with Crippen molar-refractivity contribution >= 4 is 17.4 Å². The zero-order chi connectivity index (χ0) is 13.1. The van der Waals surface area contributed by atoms with Crippen LogP contribution in [0.15, 0.2) is 34.2 Å². The number of hydrogen-bond donors (Lipinski definition) is 3. The van der Waals surface area contributed by atoms with Crippen molar-refractivity contribution in [2.24, 2.45) is 0 Å². The molecule has 0 unspecified atom stereocenters. The van der Waals surface area contributed by atoms with Gasteiger partial charge in [-0.15, -0.1) is 0 Å². The summed E-state index contributed by atoms with van der Waals surface area (Å²) in [5.41, 5.74) is 7.44. The zero-order valence-corrected chi connectivity index (χ0v) is 10.6. The van der Waals surface area contributed by atoms with Crippen LogP contribution in [-0.2, 0) is 5.75 Å². The highest BCUT2D eigenvalue weighted by Gasteiger charge is 2.05. The predicted molar refractivity (Wildman–Crippen MR) is 71.7 cm³/mol. The summed E-state index contributed by atoms with van der Waals surface area (Å²) in [4.78, 5) is 18.1. The van der Waals surface area contributed by atoms with Crippen molar-refractivity contribution in [3.05, 3.63) is 45.9 Å². The smallest absolute Gasteiger partial charge is 0.251 e. The van der Waals surface area contributed by atoms with Gasteiger partial charge in [0, 0.05) is 28.8 Å². The Bertz CT molecular complexity index is 625. The van der Waals surface area contributed by atoms with E-state index >= 15 is 0 Å². The van der Waals surface area contributed by atoms with E-state index in [1.54, 1.807) is 25.1 Å². The van der Waals surface area contributed by atoms with Crippen LogP contribution in [0.3, 0.4) is 0 Å². The first-order valence-electron chi connectivity index (χ1n) is 5.33. The molecule has 0 saturated heterocycles. The van der Waals surface area contributed by atoms with E-state index in [0.29, 0.717) is 27.9 Å². The number of phenols is 1. The number of aromatic hydroxyl groups is 1. The van der Waals surface area contributed by atoms with Crippen LogP contribution in [0.4, 0.5) is 5.69 Å². The Morgan fingerprint density at radius 3 is 2.94 bits per heavy atom. The molecule has 0 saturated carbocycles. The Kier molecular flexibility index (Phi) is 3.57. The molecule has 0 fully saturated rings. The molecule has 18 heavy (non-hydrogen) atoms. The van der Waals surface area contributed by atoms with Gasteiger partial charge in [-0.3, -0.25) is 4.79 Å². The number of phenolic OH excluding ortho intramolecular Hbond substituents is 1. The van der Waals surface area contributed by atoms with Crippen LogP contribution in [0.5, 0.6) is 5.75 Å². The second-order valence-electron chi connectivity index (χ2n) is 3.87. The van der Waals surface area contributed by atoms with E-state index in [9.17, 15) is 9.90 Å². The number of nitrogens with zero attached hydrogens (tertiary/aromatic N) is 1. The van der Waals surface area contributed by atoms with Crippen LogP contribution in [0, 0.1) is 6.92 Å². The third-order valence-corrected chi connectivity index (χ3v) is 3.24. The molecule has 4 N–H and O–H groups in total. The Hall–Kier alpha value is -1.95. The monoisotopic (exact) mass is 263 g/mol. The second-order valence-corrected chi connectivity index (χ2v) is 4.83. The first-order chi connectivity index (χ1) is 8.54. The molecule has 2 aromatic rings. The van der Waals surface area contributed by atoms with Gasteiger partial charge in [-0.25, -0.2) is 4.98 Å². The summed E-state index contributed by atoms with van der Waals surface area (Å²) >= 11 is 1.34. The van der Waals surface area contributed by atoms with E-state index in [2.05, 4.69) is 9.97 Å². The second kappa shape index (κ2) is 5.14. The summed E-state index contributed by atoms with van der Waals surface area (Å²) in [5.74, 6) is 0.676. The van der Waals surface area contributed by atoms with E-state index in [1.165, 1.54) is 17.8 Å². The van der Waals surface area contributed by atoms with Crippen molar-refractivity contribution in [1.82, 2.24) is 9.97 Å². The average molecular weight is 263 g/mol. The number of rotatable bonds is 3. The molecule has 6 heteroatoms. The lowest BCUT2D eigenvalue weighted by atomic mass is 10.2. The third-order valence-electron chi connectivity index (χ3n) is 2.32. The van der Waals surface area contributed by atoms with Gasteiger partial charge in [0.25, 0.3) is 5.56 Å². The fraction of sp³-hybridized carbons (Fsp3) is 0.167. The lowest BCUT2D eigenvalue weighted by molar-refractivity contribution is 0.471. The standard InChI is InChI=1S/C12H13N3O2S/c1-7-4-11(17)15-12(14-7)18-6-8-5-9(13)2-3-10(8)16/h2-5,16H,6,13H2,1H3,(H,14,15,17). The molecule has 1 aromatic carbocycles. The fourth-order valence-electron chi connectivity index (χ4n) is 1.49. The van der Waals surface area contributed by atoms with E-state index in [0.717, 1.165) is 0 Å². The maximum Gasteiger partial charge on any atom is 0.251 e. The molecule has 0 bridgehead atoms. The Morgan fingerprint density at radius 2 is 2.22 bits per heavy atom. The molecule has 2 rings (SSSR count). The summed E-state index contributed by atoms with van der Waals surface area (Å²) in [6.07, 6.45) is 0. The van der Waals surface area contributed by atoms with Crippen LogP contribution in [-0.4, -0.2) is 15.1 Å². The minimum Gasteiger partial charge on any atom is -0.508 e. The molecular formula is C12H13N3O2S. The predicted octanol–water partition coefficient (Wildman–Crippen LogP) is 1.66. The number of nitrogens with two attached hydrogens (primary N) is 1. The number of H-pyrrole nitrogens is 1. The SMILES string of the molecule is Cc1cc(=O)[nH]c(SCc2cc(N)ccc2O)n1. The number of aromatic amines is 1. The number of hydrogen-bond acceptors (Lipinski definition) is 5. The number of aromatic nitrogens is 2. The molecule has 0 atom stereocenters.